The molecule has 0 aliphatic rings. The standard InChI is InChI=1S/C15H12ClNO/c1-11(18)12-6-8-14(9-7-12)17-10-13-4-2-3-5-15(13)16/h2-10H,1H3/b17-10+. The zero-order chi connectivity index (χ0) is 13.0. The molecule has 0 aromatic heterocycles. The van der Waals surface area contributed by atoms with E-state index in [2.05, 4.69) is 4.99 Å². The summed E-state index contributed by atoms with van der Waals surface area (Å²) < 4.78 is 0. The zero-order valence-electron chi connectivity index (χ0n) is 9.93. The molecular formula is C15H12ClNO. The van der Waals surface area contributed by atoms with E-state index in [4.69, 9.17) is 11.6 Å². The first-order valence-corrected chi connectivity index (χ1v) is 5.94. The quantitative estimate of drug-likeness (QED) is 0.596. The van der Waals surface area contributed by atoms with Crippen molar-refractivity contribution < 1.29 is 4.79 Å². The van der Waals surface area contributed by atoms with Crippen LogP contribution in [0.15, 0.2) is 53.5 Å². The molecule has 0 unspecified atom stereocenters. The Labute approximate surface area is 111 Å². The molecule has 2 nitrogen and oxygen atoms in total. The number of Topliss-reactive ketones (excluding diaryl/α,β-unsaturated/α-hetero) is 1. The fraction of sp³-hybridized carbons (Fsp3) is 0.0667. The summed E-state index contributed by atoms with van der Waals surface area (Å²) in [6.45, 7) is 1.54. The van der Waals surface area contributed by atoms with Crippen LogP contribution >= 0.6 is 11.6 Å². The molecule has 2 aromatic carbocycles. The van der Waals surface area contributed by atoms with E-state index in [9.17, 15) is 4.79 Å². The number of aliphatic imine (C=N–C) groups is 1. The van der Waals surface area contributed by atoms with Crippen molar-refractivity contribution in [2.24, 2.45) is 4.99 Å². The molecule has 0 N–H and O–H groups in total. The number of halogens is 1. The fourth-order valence-electron chi connectivity index (χ4n) is 1.51. The molecule has 0 spiro atoms. The summed E-state index contributed by atoms with van der Waals surface area (Å²) in [5, 5.41) is 0.668. The molecule has 18 heavy (non-hydrogen) atoms. The van der Waals surface area contributed by atoms with Gasteiger partial charge in [-0.05, 0) is 37.3 Å². The van der Waals surface area contributed by atoms with E-state index in [0.29, 0.717) is 10.6 Å². The molecule has 0 aliphatic heterocycles. The number of benzene rings is 2. The summed E-state index contributed by atoms with van der Waals surface area (Å²) in [5.74, 6) is 0.0524. The van der Waals surface area contributed by atoms with Gasteiger partial charge in [0.2, 0.25) is 0 Å². The first-order valence-electron chi connectivity index (χ1n) is 5.56. The molecular weight excluding hydrogens is 246 g/mol. The third-order valence-electron chi connectivity index (χ3n) is 2.53. The van der Waals surface area contributed by atoms with Crippen LogP contribution in [0, 0.1) is 0 Å². The smallest absolute Gasteiger partial charge is 0.159 e. The molecule has 3 heteroatoms. The lowest BCUT2D eigenvalue weighted by molar-refractivity contribution is 0.101. The van der Waals surface area contributed by atoms with Gasteiger partial charge < -0.3 is 0 Å². The normalized spacial score (nSPS) is 10.8. The minimum atomic E-state index is 0.0524. The highest BCUT2D eigenvalue weighted by Crippen LogP contribution is 2.16. The van der Waals surface area contributed by atoms with Crippen LogP contribution in [-0.2, 0) is 0 Å². The van der Waals surface area contributed by atoms with E-state index in [-0.39, 0.29) is 5.78 Å². The van der Waals surface area contributed by atoms with Crippen molar-refractivity contribution in [3.63, 3.8) is 0 Å². The summed E-state index contributed by atoms with van der Waals surface area (Å²) in [7, 11) is 0. The Hall–Kier alpha value is -1.93. The summed E-state index contributed by atoms with van der Waals surface area (Å²) in [5.41, 5.74) is 2.35. The predicted octanol–water partition coefficient (Wildman–Crippen LogP) is 4.29. The molecule has 0 amide bonds. The lowest BCUT2D eigenvalue weighted by Crippen LogP contribution is -1.89. The lowest BCUT2D eigenvalue weighted by Gasteiger charge is -1.98. The third-order valence-corrected chi connectivity index (χ3v) is 2.88. The number of rotatable bonds is 3. The Morgan fingerprint density at radius 2 is 1.78 bits per heavy atom. The molecule has 0 aliphatic carbocycles. The van der Waals surface area contributed by atoms with Crippen LogP contribution in [0.1, 0.15) is 22.8 Å². The number of ketones is 1. The fourth-order valence-corrected chi connectivity index (χ4v) is 1.69. The van der Waals surface area contributed by atoms with Gasteiger partial charge in [-0.3, -0.25) is 9.79 Å². The molecule has 2 aromatic rings. The van der Waals surface area contributed by atoms with E-state index in [1.165, 1.54) is 0 Å². The average molecular weight is 258 g/mol. The van der Waals surface area contributed by atoms with Gasteiger partial charge >= 0.3 is 0 Å². The van der Waals surface area contributed by atoms with E-state index in [1.54, 1.807) is 25.3 Å². The van der Waals surface area contributed by atoms with Gasteiger partial charge in [-0.25, -0.2) is 0 Å². The van der Waals surface area contributed by atoms with Crippen LogP contribution in [0.3, 0.4) is 0 Å². The van der Waals surface area contributed by atoms with Gasteiger partial charge in [0.1, 0.15) is 0 Å². The molecule has 0 bridgehead atoms. The van der Waals surface area contributed by atoms with Crippen molar-refractivity contribution in [2.45, 2.75) is 6.92 Å². The molecule has 0 radical (unpaired) electrons. The maximum atomic E-state index is 11.1. The number of hydrogen-bond acceptors (Lipinski definition) is 2. The summed E-state index contributed by atoms with van der Waals surface area (Å²) >= 11 is 6.02. The van der Waals surface area contributed by atoms with Crippen LogP contribution in [0.25, 0.3) is 0 Å². The molecule has 0 fully saturated rings. The first kappa shape index (κ1) is 12.5. The van der Waals surface area contributed by atoms with Gasteiger partial charge in [0.05, 0.1) is 5.69 Å². The Balaban J connectivity index is 2.19. The summed E-state index contributed by atoms with van der Waals surface area (Å²) in [6, 6.07) is 14.7. The number of carbonyl (C=O) groups is 1. The zero-order valence-corrected chi connectivity index (χ0v) is 10.7. The second-order valence-corrected chi connectivity index (χ2v) is 4.29. The molecule has 2 rings (SSSR count). The van der Waals surface area contributed by atoms with Crippen molar-refractivity contribution >= 4 is 29.3 Å². The monoisotopic (exact) mass is 257 g/mol. The maximum absolute atomic E-state index is 11.1. The van der Waals surface area contributed by atoms with E-state index >= 15 is 0 Å². The topological polar surface area (TPSA) is 29.4 Å². The minimum Gasteiger partial charge on any atom is -0.295 e. The van der Waals surface area contributed by atoms with Crippen LogP contribution in [0.2, 0.25) is 5.02 Å². The van der Waals surface area contributed by atoms with Crippen LogP contribution in [-0.4, -0.2) is 12.0 Å². The van der Waals surface area contributed by atoms with Crippen LogP contribution in [0.5, 0.6) is 0 Å². The Kier molecular flexibility index (Phi) is 3.90. The Morgan fingerprint density at radius 3 is 2.39 bits per heavy atom. The molecule has 90 valence electrons. The molecule has 0 atom stereocenters. The lowest BCUT2D eigenvalue weighted by atomic mass is 10.1. The number of hydrogen-bond donors (Lipinski definition) is 0. The van der Waals surface area contributed by atoms with E-state index < -0.39 is 0 Å². The molecule has 0 heterocycles. The highest BCUT2D eigenvalue weighted by atomic mass is 35.5. The molecule has 0 saturated carbocycles. The second kappa shape index (κ2) is 5.61. The first-order chi connectivity index (χ1) is 8.66. The predicted molar refractivity (Wildman–Crippen MR) is 75.2 cm³/mol. The van der Waals surface area contributed by atoms with Gasteiger partial charge in [-0.1, -0.05) is 29.8 Å². The van der Waals surface area contributed by atoms with Crippen molar-refractivity contribution in [3.8, 4) is 0 Å². The van der Waals surface area contributed by atoms with Gasteiger partial charge in [0, 0.05) is 22.4 Å². The Morgan fingerprint density at radius 1 is 1.11 bits per heavy atom. The van der Waals surface area contributed by atoms with Crippen molar-refractivity contribution in [2.75, 3.05) is 0 Å². The minimum absolute atomic E-state index is 0.0524. The van der Waals surface area contributed by atoms with E-state index in [1.807, 2.05) is 36.4 Å². The van der Waals surface area contributed by atoms with Crippen LogP contribution < -0.4 is 0 Å². The number of carbonyl (C=O) groups excluding carboxylic acids is 1. The van der Waals surface area contributed by atoms with Gasteiger partial charge in [0.25, 0.3) is 0 Å². The highest BCUT2D eigenvalue weighted by Gasteiger charge is 1.98. The van der Waals surface area contributed by atoms with Crippen molar-refractivity contribution in [3.05, 3.63) is 64.7 Å². The van der Waals surface area contributed by atoms with Crippen LogP contribution in [0.4, 0.5) is 5.69 Å². The van der Waals surface area contributed by atoms with Crippen molar-refractivity contribution in [1.82, 2.24) is 0 Å². The summed E-state index contributed by atoms with van der Waals surface area (Å²) in [4.78, 5) is 15.4. The number of nitrogens with zero attached hydrogens (tertiary/aromatic N) is 1. The van der Waals surface area contributed by atoms with Gasteiger partial charge in [-0.15, -0.1) is 0 Å². The van der Waals surface area contributed by atoms with E-state index in [0.717, 1.165) is 11.3 Å². The van der Waals surface area contributed by atoms with Crippen molar-refractivity contribution in [1.29, 1.82) is 0 Å². The van der Waals surface area contributed by atoms with Gasteiger partial charge in [-0.2, -0.15) is 0 Å². The average Bonchev–Trinajstić information content (AvgIpc) is 2.38. The largest absolute Gasteiger partial charge is 0.295 e. The summed E-state index contributed by atoms with van der Waals surface area (Å²) in [6.07, 6.45) is 1.71. The second-order valence-electron chi connectivity index (χ2n) is 3.88. The molecule has 0 saturated heterocycles. The highest BCUT2D eigenvalue weighted by molar-refractivity contribution is 6.33. The third kappa shape index (κ3) is 3.05. The van der Waals surface area contributed by atoms with Gasteiger partial charge in [0.15, 0.2) is 5.78 Å². The maximum Gasteiger partial charge on any atom is 0.159 e. The SMILES string of the molecule is CC(=O)c1ccc(/N=C/c2ccccc2Cl)cc1. The Bertz CT molecular complexity index is 588.